The molecule has 2 aromatic heterocycles. The normalized spacial score (nSPS) is 20.6. The van der Waals surface area contributed by atoms with Gasteiger partial charge >= 0.3 is 30.3 Å². The summed E-state index contributed by atoms with van der Waals surface area (Å²) in [5.41, 5.74) is 5.52. The van der Waals surface area contributed by atoms with Crippen molar-refractivity contribution in [2.75, 3.05) is 98.3 Å². The van der Waals surface area contributed by atoms with E-state index in [0.29, 0.717) is 83.1 Å². The first-order valence-electron chi connectivity index (χ1n) is 32.2. The average Bonchev–Trinajstić information content (AvgIpc) is 0.882. The molecule has 6 aliphatic heterocycles. The largest absolute Gasteiger partial charge is 0.465 e. The standard InChI is InChI=1S/C41H47N7O5.C29H33N7O3/c1-40(2,3)53-39(51)47-21-10-15-31(47)27-52-37-43-34-26-45(35-17-9-14-30-13-7-8-16-32(30)35)22-18-33(34)36(44-37)46-23-24-48(38(49)50)41(28-46,19-20-42)25-29-11-5-4-6-12-29;30-12-10-22-17-35(15-16-36(22)29(37)38)27-24-11-14-34(26-9-3-6-20-5-1-2-8-23(20)26)18-25(24)32-28(33-27)39-19-21-7-4-13-31-21/h4-9,11-14,16-17,31H,10,15,18-19,21-28H2,1-3H3,(H,49,50);1-3,5-6,8-9,21-22,31H,4,7,10-11,13-19H2,(H,37,38). The Bertz CT molecular complexity index is 3900. The lowest BCUT2D eigenvalue weighted by atomic mass is 9.83. The topological polar surface area (TPSA) is 253 Å². The number of fused-ring (bicyclic) bond motifs is 4. The summed E-state index contributed by atoms with van der Waals surface area (Å²) >= 11 is 0. The summed E-state index contributed by atoms with van der Waals surface area (Å²) in [6.45, 7) is 12.8. The van der Waals surface area contributed by atoms with E-state index in [9.17, 15) is 35.1 Å². The van der Waals surface area contributed by atoms with Crippen LogP contribution in [0.3, 0.4) is 0 Å². The molecule has 3 N–H and O–H groups in total. The van der Waals surface area contributed by atoms with Crippen LogP contribution in [0.2, 0.25) is 0 Å². The fraction of sp³-hybridized carbons (Fsp3) is 0.443. The molecule has 4 atom stereocenters. The Kier molecular flexibility index (Phi) is 18.6. The van der Waals surface area contributed by atoms with E-state index in [1.165, 1.54) is 31.6 Å². The first-order chi connectivity index (χ1) is 44.6. The van der Waals surface area contributed by atoms with Crippen molar-refractivity contribution in [3.05, 3.63) is 143 Å². The molecule has 0 aliphatic carbocycles. The minimum atomic E-state index is -1.04. The summed E-state index contributed by atoms with van der Waals surface area (Å²) in [6, 6.07) is 44.0. The lowest BCUT2D eigenvalue weighted by molar-refractivity contribution is 0.0183. The Morgan fingerprint density at radius 1 is 0.620 bits per heavy atom. The number of carbonyl (C=O) groups excluding carboxylic acids is 1. The molecular weight excluding hydrogens is 1160 g/mol. The van der Waals surface area contributed by atoms with Gasteiger partial charge in [0, 0.05) is 98.2 Å². The van der Waals surface area contributed by atoms with Gasteiger partial charge in [0.1, 0.15) is 30.5 Å². The molecule has 3 amide bonds. The van der Waals surface area contributed by atoms with Gasteiger partial charge in [-0.05, 0) is 101 Å². The fourth-order valence-electron chi connectivity index (χ4n) is 14.1. The van der Waals surface area contributed by atoms with Gasteiger partial charge in [-0.25, -0.2) is 14.4 Å². The smallest absolute Gasteiger partial charge is 0.410 e. The van der Waals surface area contributed by atoms with Gasteiger partial charge in [-0.3, -0.25) is 4.90 Å². The average molecular weight is 1250 g/mol. The predicted molar refractivity (Wildman–Crippen MR) is 350 cm³/mol. The molecule has 92 heavy (non-hydrogen) atoms. The summed E-state index contributed by atoms with van der Waals surface area (Å²) in [7, 11) is 0. The Labute approximate surface area is 536 Å². The Morgan fingerprint density at radius 3 is 1.80 bits per heavy atom. The number of nitrogens with zero attached hydrogens (tertiary/aromatic N) is 13. The maximum Gasteiger partial charge on any atom is 0.410 e. The van der Waals surface area contributed by atoms with Gasteiger partial charge in [-0.1, -0.05) is 103 Å². The second-order valence-electron chi connectivity index (χ2n) is 25.8. The minimum Gasteiger partial charge on any atom is -0.465 e. The predicted octanol–water partition coefficient (Wildman–Crippen LogP) is 10.1. The molecule has 478 valence electrons. The van der Waals surface area contributed by atoms with Crippen molar-refractivity contribution < 1.29 is 38.8 Å². The van der Waals surface area contributed by atoms with Crippen molar-refractivity contribution >= 4 is 62.8 Å². The van der Waals surface area contributed by atoms with Crippen LogP contribution in [0.5, 0.6) is 12.0 Å². The number of likely N-dealkylation sites (tertiary alicyclic amines) is 1. The molecular formula is C70H80N14O8. The van der Waals surface area contributed by atoms with E-state index in [1.807, 2.05) is 57.2 Å². The van der Waals surface area contributed by atoms with Gasteiger partial charge < -0.3 is 59.1 Å². The molecule has 7 aromatic rings. The highest BCUT2D eigenvalue weighted by atomic mass is 16.6. The lowest BCUT2D eigenvalue weighted by Gasteiger charge is -2.49. The molecule has 0 bridgehead atoms. The van der Waals surface area contributed by atoms with E-state index in [4.69, 9.17) is 34.1 Å². The number of piperazine rings is 2. The molecule has 4 saturated heterocycles. The zero-order chi connectivity index (χ0) is 63.9. The van der Waals surface area contributed by atoms with Crippen LogP contribution in [0.15, 0.2) is 115 Å². The third-order valence-corrected chi connectivity index (χ3v) is 18.6. The number of benzene rings is 5. The van der Waals surface area contributed by atoms with Gasteiger partial charge in [0.2, 0.25) is 0 Å². The van der Waals surface area contributed by atoms with Crippen molar-refractivity contribution in [1.82, 2.24) is 40.0 Å². The van der Waals surface area contributed by atoms with Crippen LogP contribution in [0.1, 0.15) is 87.4 Å². The molecule has 4 unspecified atom stereocenters. The second-order valence-corrected chi connectivity index (χ2v) is 25.8. The summed E-state index contributed by atoms with van der Waals surface area (Å²) in [5.74, 6) is 1.51. The van der Waals surface area contributed by atoms with Crippen molar-refractivity contribution in [2.45, 2.75) is 121 Å². The van der Waals surface area contributed by atoms with Crippen LogP contribution >= 0.6 is 0 Å². The van der Waals surface area contributed by atoms with Crippen LogP contribution in [-0.2, 0) is 37.1 Å². The number of hydrogen-bond donors (Lipinski definition) is 3. The first kappa shape index (κ1) is 62.5. The second kappa shape index (κ2) is 27.4. The van der Waals surface area contributed by atoms with E-state index < -0.39 is 29.4 Å². The van der Waals surface area contributed by atoms with E-state index in [2.05, 4.69) is 116 Å². The molecule has 13 rings (SSSR count). The fourth-order valence-corrected chi connectivity index (χ4v) is 14.1. The number of carboxylic acid groups (broad SMARTS) is 2. The van der Waals surface area contributed by atoms with Crippen LogP contribution in [0, 0.1) is 22.7 Å². The molecule has 0 radical (unpaired) electrons. The monoisotopic (exact) mass is 1240 g/mol. The summed E-state index contributed by atoms with van der Waals surface area (Å²) in [4.78, 5) is 70.9. The highest BCUT2D eigenvalue weighted by Crippen LogP contribution is 2.39. The molecule has 22 nitrogen and oxygen atoms in total. The molecule has 5 aromatic carbocycles. The third kappa shape index (κ3) is 13.8. The highest BCUT2D eigenvalue weighted by Gasteiger charge is 2.46. The zero-order valence-corrected chi connectivity index (χ0v) is 52.6. The van der Waals surface area contributed by atoms with Gasteiger partial charge in [-0.2, -0.15) is 30.5 Å². The van der Waals surface area contributed by atoms with Crippen molar-refractivity contribution in [3.63, 3.8) is 0 Å². The number of amides is 3. The summed E-state index contributed by atoms with van der Waals surface area (Å²) < 4.78 is 18.2. The van der Waals surface area contributed by atoms with Gasteiger partial charge in [-0.15, -0.1) is 0 Å². The summed E-state index contributed by atoms with van der Waals surface area (Å²) in [6.07, 6.45) is 3.44. The number of carbonyl (C=O) groups is 3. The van der Waals surface area contributed by atoms with Crippen LogP contribution < -0.4 is 34.4 Å². The molecule has 4 fully saturated rings. The number of nitrogens with one attached hydrogen (secondary N) is 1. The van der Waals surface area contributed by atoms with Gasteiger partial charge in [0.05, 0.1) is 67.1 Å². The molecule has 0 saturated carbocycles. The first-order valence-corrected chi connectivity index (χ1v) is 32.2. The third-order valence-electron chi connectivity index (χ3n) is 18.6. The van der Waals surface area contributed by atoms with Crippen molar-refractivity contribution in [1.29, 1.82) is 10.5 Å². The number of rotatable bonds is 14. The zero-order valence-electron chi connectivity index (χ0n) is 52.6. The number of hydrogen-bond acceptors (Lipinski definition) is 17. The maximum atomic E-state index is 13.1. The van der Waals surface area contributed by atoms with E-state index in [0.717, 1.165) is 96.7 Å². The minimum absolute atomic E-state index is 0.0262. The van der Waals surface area contributed by atoms with E-state index in [1.54, 1.807) is 4.90 Å². The number of anilines is 4. The van der Waals surface area contributed by atoms with Gasteiger partial charge in [0.15, 0.2) is 0 Å². The highest BCUT2D eigenvalue weighted by molar-refractivity contribution is 5.95. The number of ether oxygens (including phenoxy) is 3. The molecule has 22 heteroatoms. The Morgan fingerprint density at radius 2 is 1.22 bits per heavy atom. The maximum absolute atomic E-state index is 13.1. The van der Waals surface area contributed by atoms with E-state index >= 15 is 0 Å². The van der Waals surface area contributed by atoms with Crippen molar-refractivity contribution in [2.24, 2.45) is 0 Å². The Balaban J connectivity index is 0.000000186. The van der Waals surface area contributed by atoms with Crippen molar-refractivity contribution in [3.8, 4) is 24.2 Å². The van der Waals surface area contributed by atoms with Gasteiger partial charge in [0.25, 0.3) is 0 Å². The van der Waals surface area contributed by atoms with Crippen LogP contribution in [-0.4, -0.2) is 171 Å². The molecule has 8 heterocycles. The SMILES string of the molecule is CC(C)(C)OC(=O)N1CCCC1COc1nc2c(c(N3CCN(C(=O)O)C(CC#N)(Cc4ccccc4)C3)n1)CCN(c1cccc3ccccc13)C2.N#CCC1CN(c2nc(OCC3CCCN3)nc3c2CCN(c2cccc4ccccc24)C3)CCN1C(=O)O. The Hall–Kier alpha value is -9.67. The quantitative estimate of drug-likeness (QED) is 0.0915. The number of nitriles is 2. The lowest BCUT2D eigenvalue weighted by Crippen LogP contribution is -2.65. The summed E-state index contributed by atoms with van der Waals surface area (Å²) in [5, 5.41) is 47.7. The van der Waals surface area contributed by atoms with Crippen LogP contribution in [0.25, 0.3) is 21.5 Å². The molecule has 0 spiro atoms. The van der Waals surface area contributed by atoms with E-state index in [-0.39, 0.29) is 50.7 Å². The molecule has 6 aliphatic rings. The van der Waals surface area contributed by atoms with Crippen LogP contribution in [0.4, 0.5) is 37.4 Å². The number of aromatic nitrogens is 4.